The minimum atomic E-state index is -1.28. The fraction of sp³-hybridized carbons (Fsp3) is 0.781. The largest absolute Gasteiger partial charge is 0.503 e. The maximum absolute atomic E-state index is 12.4. The zero-order chi connectivity index (χ0) is 28.7. The fourth-order valence-corrected chi connectivity index (χ4v) is 4.34. The number of phenols is 1. The van der Waals surface area contributed by atoms with Gasteiger partial charge >= 0.3 is 5.97 Å². The van der Waals surface area contributed by atoms with E-state index in [1.165, 1.54) is 12.8 Å². The SMILES string of the molecule is CCCCCCCOc1c(OCCCC)c(O)c(C(=O)O)c(OCCCCCCC)c1OCCCCCCC. The van der Waals surface area contributed by atoms with Crippen LogP contribution in [0.1, 0.15) is 147 Å². The molecule has 0 atom stereocenters. The normalized spacial score (nSPS) is 11.0. The molecule has 1 aromatic carbocycles. The highest BCUT2D eigenvalue weighted by atomic mass is 16.6. The number of hydrogen-bond donors (Lipinski definition) is 2. The first-order chi connectivity index (χ1) is 19.0. The highest BCUT2D eigenvalue weighted by Gasteiger charge is 2.32. The van der Waals surface area contributed by atoms with E-state index in [0.29, 0.717) is 26.4 Å². The van der Waals surface area contributed by atoms with Crippen molar-refractivity contribution in [3.8, 4) is 28.7 Å². The molecular formula is C32H56O7. The molecule has 0 aromatic heterocycles. The van der Waals surface area contributed by atoms with Gasteiger partial charge in [0.05, 0.1) is 26.4 Å². The third-order valence-corrected chi connectivity index (χ3v) is 6.74. The Kier molecular flexibility index (Phi) is 20.0. The van der Waals surface area contributed by atoms with Crippen LogP contribution < -0.4 is 18.9 Å². The van der Waals surface area contributed by atoms with E-state index in [0.717, 1.165) is 96.3 Å². The summed E-state index contributed by atoms with van der Waals surface area (Å²) in [7, 11) is 0. The molecule has 0 aliphatic rings. The molecule has 0 fully saturated rings. The molecule has 39 heavy (non-hydrogen) atoms. The summed E-state index contributed by atoms with van der Waals surface area (Å²) in [4.78, 5) is 12.4. The van der Waals surface area contributed by atoms with Crippen molar-refractivity contribution in [2.75, 3.05) is 26.4 Å². The lowest BCUT2D eigenvalue weighted by molar-refractivity contribution is 0.0685. The molecular weight excluding hydrogens is 496 g/mol. The van der Waals surface area contributed by atoms with Gasteiger partial charge in [-0.1, -0.05) is 111 Å². The Hall–Kier alpha value is -2.31. The van der Waals surface area contributed by atoms with Gasteiger partial charge in [0.15, 0.2) is 17.1 Å². The summed E-state index contributed by atoms with van der Waals surface area (Å²) < 4.78 is 24.4. The van der Waals surface area contributed by atoms with Gasteiger partial charge in [-0.2, -0.15) is 0 Å². The molecule has 0 aliphatic heterocycles. The lowest BCUT2D eigenvalue weighted by Crippen LogP contribution is -2.13. The number of carboxylic acids is 1. The van der Waals surface area contributed by atoms with Crippen molar-refractivity contribution >= 4 is 5.97 Å². The van der Waals surface area contributed by atoms with Gasteiger partial charge in [0.1, 0.15) is 0 Å². The zero-order valence-electron chi connectivity index (χ0n) is 25.3. The first-order valence-corrected chi connectivity index (χ1v) is 15.7. The van der Waals surface area contributed by atoms with Crippen LogP contribution in [0.4, 0.5) is 0 Å². The van der Waals surface area contributed by atoms with E-state index in [2.05, 4.69) is 20.8 Å². The van der Waals surface area contributed by atoms with Crippen molar-refractivity contribution in [2.24, 2.45) is 0 Å². The van der Waals surface area contributed by atoms with E-state index in [9.17, 15) is 15.0 Å². The first kappa shape index (κ1) is 34.7. The smallest absolute Gasteiger partial charge is 0.343 e. The van der Waals surface area contributed by atoms with Crippen LogP contribution in [0.3, 0.4) is 0 Å². The Balaban J connectivity index is 3.34. The summed E-state index contributed by atoms with van der Waals surface area (Å²) in [6, 6.07) is 0. The molecule has 1 rings (SSSR count). The summed E-state index contributed by atoms with van der Waals surface area (Å²) in [5.74, 6) is -1.20. The van der Waals surface area contributed by atoms with Crippen LogP contribution in [0.5, 0.6) is 28.7 Å². The van der Waals surface area contributed by atoms with Gasteiger partial charge in [0.25, 0.3) is 0 Å². The molecule has 0 bridgehead atoms. The zero-order valence-corrected chi connectivity index (χ0v) is 25.3. The van der Waals surface area contributed by atoms with Gasteiger partial charge in [-0.3, -0.25) is 0 Å². The molecule has 0 heterocycles. The van der Waals surface area contributed by atoms with E-state index >= 15 is 0 Å². The molecule has 0 saturated carbocycles. The maximum Gasteiger partial charge on any atom is 0.343 e. The van der Waals surface area contributed by atoms with Crippen molar-refractivity contribution in [3.63, 3.8) is 0 Å². The fourth-order valence-electron chi connectivity index (χ4n) is 4.34. The maximum atomic E-state index is 12.4. The van der Waals surface area contributed by atoms with Crippen LogP contribution >= 0.6 is 0 Å². The average molecular weight is 553 g/mol. The average Bonchev–Trinajstić information content (AvgIpc) is 2.92. The van der Waals surface area contributed by atoms with Crippen LogP contribution in [-0.4, -0.2) is 42.6 Å². The van der Waals surface area contributed by atoms with Crippen molar-refractivity contribution in [3.05, 3.63) is 5.56 Å². The molecule has 0 saturated heterocycles. The van der Waals surface area contributed by atoms with E-state index in [1.54, 1.807) is 0 Å². The van der Waals surface area contributed by atoms with Gasteiger partial charge in [-0.05, 0) is 25.7 Å². The molecule has 7 nitrogen and oxygen atoms in total. The molecule has 226 valence electrons. The summed E-state index contributed by atoms with van der Waals surface area (Å²) >= 11 is 0. The van der Waals surface area contributed by atoms with Crippen molar-refractivity contribution in [1.29, 1.82) is 0 Å². The third kappa shape index (κ3) is 13.5. The molecule has 1 aromatic rings. The first-order valence-electron chi connectivity index (χ1n) is 15.7. The van der Waals surface area contributed by atoms with Gasteiger partial charge in [-0.25, -0.2) is 4.79 Å². The number of ether oxygens (including phenoxy) is 4. The second kappa shape index (κ2) is 22.5. The van der Waals surface area contributed by atoms with E-state index < -0.39 is 11.7 Å². The Bertz CT molecular complexity index is 779. The Morgan fingerprint density at radius 3 is 1.23 bits per heavy atom. The molecule has 0 unspecified atom stereocenters. The molecule has 2 N–H and O–H groups in total. The Labute approximate surface area is 237 Å². The topological polar surface area (TPSA) is 94.5 Å². The van der Waals surface area contributed by atoms with Crippen LogP contribution in [0.25, 0.3) is 0 Å². The highest BCUT2D eigenvalue weighted by molar-refractivity contribution is 5.97. The number of carboxylic acid groups (broad SMARTS) is 1. The summed E-state index contributed by atoms with van der Waals surface area (Å²) in [5, 5.41) is 21.2. The molecule has 0 spiro atoms. The number of carbonyl (C=O) groups is 1. The van der Waals surface area contributed by atoms with Gasteiger partial charge in [0.2, 0.25) is 17.2 Å². The lowest BCUT2D eigenvalue weighted by Gasteiger charge is -2.23. The van der Waals surface area contributed by atoms with Crippen LogP contribution in [0.15, 0.2) is 0 Å². The third-order valence-electron chi connectivity index (χ3n) is 6.74. The van der Waals surface area contributed by atoms with Crippen LogP contribution in [0.2, 0.25) is 0 Å². The predicted molar refractivity (Wildman–Crippen MR) is 158 cm³/mol. The van der Waals surface area contributed by atoms with Crippen molar-refractivity contribution in [2.45, 2.75) is 137 Å². The van der Waals surface area contributed by atoms with Gasteiger partial charge < -0.3 is 29.2 Å². The van der Waals surface area contributed by atoms with E-state index in [-0.39, 0.29) is 28.6 Å². The minimum Gasteiger partial charge on any atom is -0.503 e. The second-order valence-electron chi connectivity index (χ2n) is 10.3. The number of rotatable bonds is 26. The van der Waals surface area contributed by atoms with Crippen LogP contribution in [-0.2, 0) is 0 Å². The number of benzene rings is 1. The Morgan fingerprint density at radius 2 is 0.821 bits per heavy atom. The van der Waals surface area contributed by atoms with Gasteiger partial charge in [-0.15, -0.1) is 0 Å². The summed E-state index contributed by atoms with van der Waals surface area (Å²) in [5.41, 5.74) is -0.327. The van der Waals surface area contributed by atoms with Crippen molar-refractivity contribution in [1.82, 2.24) is 0 Å². The molecule has 7 heteroatoms. The molecule has 0 radical (unpaired) electrons. The summed E-state index contributed by atoms with van der Waals surface area (Å²) in [6.07, 6.45) is 17.6. The number of hydrogen-bond acceptors (Lipinski definition) is 6. The summed E-state index contributed by atoms with van der Waals surface area (Å²) in [6.45, 7) is 10.1. The van der Waals surface area contributed by atoms with Crippen molar-refractivity contribution < 1.29 is 34.0 Å². The molecule has 0 amide bonds. The van der Waals surface area contributed by atoms with Gasteiger partial charge in [0, 0.05) is 0 Å². The standard InChI is InChI=1S/C32H56O7/c1-5-9-13-16-19-23-36-28-26(32(34)35)27(33)29(37-22-12-8-4)31(39-25-21-18-15-11-7-3)30(28)38-24-20-17-14-10-6-2/h33H,5-25H2,1-4H3,(H,34,35). The number of aromatic hydroxyl groups is 1. The Morgan fingerprint density at radius 1 is 0.487 bits per heavy atom. The van der Waals surface area contributed by atoms with E-state index in [4.69, 9.17) is 18.9 Å². The quantitative estimate of drug-likeness (QED) is 0.111. The lowest BCUT2D eigenvalue weighted by atomic mass is 10.1. The minimum absolute atomic E-state index is 0.0330. The number of aromatic carboxylic acids is 1. The number of unbranched alkanes of at least 4 members (excludes halogenated alkanes) is 13. The molecule has 0 aliphatic carbocycles. The highest BCUT2D eigenvalue weighted by Crippen LogP contribution is 2.53. The predicted octanol–water partition coefficient (Wildman–Crippen LogP) is 9.32. The van der Waals surface area contributed by atoms with E-state index in [1.807, 2.05) is 6.92 Å². The van der Waals surface area contributed by atoms with Crippen LogP contribution in [0, 0.1) is 0 Å². The monoisotopic (exact) mass is 552 g/mol. The second-order valence-corrected chi connectivity index (χ2v) is 10.3.